The lowest BCUT2D eigenvalue weighted by atomic mass is 9.99. The number of rotatable bonds is 5. The van der Waals surface area contributed by atoms with E-state index in [1.165, 1.54) is 16.7 Å². The molecule has 19 heavy (non-hydrogen) atoms. The molecule has 0 amide bonds. The zero-order chi connectivity index (χ0) is 13.7. The highest BCUT2D eigenvalue weighted by molar-refractivity contribution is 6.30. The molecule has 0 radical (unpaired) electrons. The van der Waals surface area contributed by atoms with Gasteiger partial charge in [-0.05, 0) is 54.9 Å². The molecule has 0 atom stereocenters. The number of halogens is 1. The summed E-state index contributed by atoms with van der Waals surface area (Å²) in [4.78, 5) is 0. The molecule has 0 aromatic heterocycles. The summed E-state index contributed by atoms with van der Waals surface area (Å²) in [6.07, 6.45) is 0. The summed E-state index contributed by atoms with van der Waals surface area (Å²) in [7, 11) is 1.93. The summed E-state index contributed by atoms with van der Waals surface area (Å²) in [5, 5.41) is 3.93. The van der Waals surface area contributed by atoms with Gasteiger partial charge in [0.15, 0.2) is 0 Å². The van der Waals surface area contributed by atoms with Crippen molar-refractivity contribution in [3.63, 3.8) is 0 Å². The lowest BCUT2D eigenvalue weighted by Gasteiger charge is -2.11. The highest BCUT2D eigenvalue weighted by atomic mass is 35.5. The first-order valence-corrected chi connectivity index (χ1v) is 6.78. The summed E-state index contributed by atoms with van der Waals surface area (Å²) < 4.78 is 5.46. The van der Waals surface area contributed by atoms with E-state index in [1.807, 2.05) is 38.2 Å². The van der Waals surface area contributed by atoms with Crippen LogP contribution in [0.1, 0.15) is 12.5 Å². The second kappa shape index (κ2) is 6.60. The number of nitrogens with one attached hydrogen (secondary N) is 1. The zero-order valence-corrected chi connectivity index (χ0v) is 12.0. The van der Waals surface area contributed by atoms with Crippen LogP contribution in [-0.2, 0) is 6.54 Å². The van der Waals surface area contributed by atoms with E-state index in [0.29, 0.717) is 6.61 Å². The van der Waals surface area contributed by atoms with E-state index >= 15 is 0 Å². The molecule has 0 unspecified atom stereocenters. The van der Waals surface area contributed by atoms with Crippen LogP contribution in [0.25, 0.3) is 11.1 Å². The Balaban J connectivity index is 2.34. The molecular formula is C16H18ClNO. The van der Waals surface area contributed by atoms with Crippen molar-refractivity contribution in [1.82, 2.24) is 5.32 Å². The van der Waals surface area contributed by atoms with Crippen LogP contribution in [-0.4, -0.2) is 13.7 Å². The van der Waals surface area contributed by atoms with Gasteiger partial charge in [0.2, 0.25) is 0 Å². The molecule has 2 rings (SSSR count). The molecule has 2 aromatic rings. The molecule has 0 aliphatic heterocycles. The number of ether oxygens (including phenoxy) is 1. The summed E-state index contributed by atoms with van der Waals surface area (Å²) in [6, 6.07) is 14.1. The average Bonchev–Trinajstić information content (AvgIpc) is 2.41. The van der Waals surface area contributed by atoms with E-state index in [2.05, 4.69) is 23.5 Å². The SMILES string of the molecule is CCOc1ccc(-c2ccc(Cl)cc2CNC)cc1. The van der Waals surface area contributed by atoms with Gasteiger partial charge in [-0.15, -0.1) is 0 Å². The maximum absolute atomic E-state index is 6.06. The molecule has 0 heterocycles. The van der Waals surface area contributed by atoms with E-state index in [4.69, 9.17) is 16.3 Å². The van der Waals surface area contributed by atoms with Crippen LogP contribution in [0.15, 0.2) is 42.5 Å². The van der Waals surface area contributed by atoms with Crippen molar-refractivity contribution in [1.29, 1.82) is 0 Å². The third kappa shape index (κ3) is 3.49. The average molecular weight is 276 g/mol. The molecule has 3 heteroatoms. The summed E-state index contributed by atoms with van der Waals surface area (Å²) in [5.41, 5.74) is 3.56. The lowest BCUT2D eigenvalue weighted by molar-refractivity contribution is 0.340. The van der Waals surface area contributed by atoms with Crippen LogP contribution >= 0.6 is 11.6 Å². The molecule has 0 aliphatic rings. The predicted molar refractivity (Wildman–Crippen MR) is 80.8 cm³/mol. The highest BCUT2D eigenvalue weighted by Gasteiger charge is 2.05. The smallest absolute Gasteiger partial charge is 0.119 e. The first-order valence-electron chi connectivity index (χ1n) is 6.41. The van der Waals surface area contributed by atoms with Gasteiger partial charge in [-0.25, -0.2) is 0 Å². The van der Waals surface area contributed by atoms with Gasteiger partial charge in [-0.3, -0.25) is 0 Å². The van der Waals surface area contributed by atoms with Crippen LogP contribution in [0, 0.1) is 0 Å². The Morgan fingerprint density at radius 2 is 1.84 bits per heavy atom. The molecular weight excluding hydrogens is 258 g/mol. The maximum atomic E-state index is 6.06. The van der Waals surface area contributed by atoms with Gasteiger partial charge in [-0.2, -0.15) is 0 Å². The summed E-state index contributed by atoms with van der Waals surface area (Å²) in [6.45, 7) is 3.46. The second-order valence-electron chi connectivity index (χ2n) is 4.29. The Kier molecular flexibility index (Phi) is 4.83. The van der Waals surface area contributed by atoms with Crippen molar-refractivity contribution in [3.05, 3.63) is 53.1 Å². The predicted octanol–water partition coefficient (Wildman–Crippen LogP) is 4.13. The molecule has 2 nitrogen and oxygen atoms in total. The topological polar surface area (TPSA) is 21.3 Å². The number of hydrogen-bond donors (Lipinski definition) is 1. The molecule has 0 spiro atoms. The molecule has 2 aromatic carbocycles. The van der Waals surface area contributed by atoms with Crippen molar-refractivity contribution < 1.29 is 4.74 Å². The maximum Gasteiger partial charge on any atom is 0.119 e. The van der Waals surface area contributed by atoms with Crippen molar-refractivity contribution in [2.45, 2.75) is 13.5 Å². The molecule has 100 valence electrons. The molecule has 0 saturated carbocycles. The van der Waals surface area contributed by atoms with Crippen LogP contribution in [0.2, 0.25) is 5.02 Å². The van der Waals surface area contributed by atoms with Crippen LogP contribution in [0.3, 0.4) is 0 Å². The van der Waals surface area contributed by atoms with Crippen molar-refractivity contribution in [2.75, 3.05) is 13.7 Å². The van der Waals surface area contributed by atoms with Gasteiger partial charge < -0.3 is 10.1 Å². The van der Waals surface area contributed by atoms with Gasteiger partial charge in [0, 0.05) is 11.6 Å². The van der Waals surface area contributed by atoms with Gasteiger partial charge in [-0.1, -0.05) is 29.8 Å². The van der Waals surface area contributed by atoms with E-state index in [0.717, 1.165) is 17.3 Å². The molecule has 0 saturated heterocycles. The van der Waals surface area contributed by atoms with E-state index < -0.39 is 0 Å². The Hall–Kier alpha value is -1.51. The monoisotopic (exact) mass is 275 g/mol. The van der Waals surface area contributed by atoms with Gasteiger partial charge >= 0.3 is 0 Å². The molecule has 0 bridgehead atoms. The Labute approximate surface area is 119 Å². The molecule has 1 N–H and O–H groups in total. The van der Waals surface area contributed by atoms with Crippen molar-refractivity contribution in [3.8, 4) is 16.9 Å². The van der Waals surface area contributed by atoms with E-state index in [1.54, 1.807) is 0 Å². The Bertz CT molecular complexity index is 537. The second-order valence-corrected chi connectivity index (χ2v) is 4.73. The number of hydrogen-bond acceptors (Lipinski definition) is 2. The highest BCUT2D eigenvalue weighted by Crippen LogP contribution is 2.28. The van der Waals surface area contributed by atoms with Gasteiger partial charge in [0.05, 0.1) is 6.61 Å². The Morgan fingerprint density at radius 3 is 2.47 bits per heavy atom. The van der Waals surface area contributed by atoms with Gasteiger partial charge in [0.25, 0.3) is 0 Å². The van der Waals surface area contributed by atoms with Crippen molar-refractivity contribution >= 4 is 11.6 Å². The van der Waals surface area contributed by atoms with Crippen molar-refractivity contribution in [2.24, 2.45) is 0 Å². The molecule has 0 aliphatic carbocycles. The van der Waals surface area contributed by atoms with Gasteiger partial charge in [0.1, 0.15) is 5.75 Å². The zero-order valence-electron chi connectivity index (χ0n) is 11.2. The third-order valence-electron chi connectivity index (χ3n) is 2.91. The van der Waals surface area contributed by atoms with Crippen LogP contribution in [0.5, 0.6) is 5.75 Å². The largest absolute Gasteiger partial charge is 0.494 e. The first-order chi connectivity index (χ1) is 9.24. The standard InChI is InChI=1S/C16H18ClNO/c1-3-19-15-7-4-12(5-8-15)16-9-6-14(17)10-13(16)11-18-2/h4-10,18H,3,11H2,1-2H3. The minimum atomic E-state index is 0.686. The van der Waals surface area contributed by atoms with Crippen LogP contribution < -0.4 is 10.1 Å². The molecule has 0 fully saturated rings. The minimum Gasteiger partial charge on any atom is -0.494 e. The lowest BCUT2D eigenvalue weighted by Crippen LogP contribution is -2.06. The fourth-order valence-corrected chi connectivity index (χ4v) is 2.27. The fourth-order valence-electron chi connectivity index (χ4n) is 2.08. The first kappa shape index (κ1) is 13.9. The Morgan fingerprint density at radius 1 is 1.11 bits per heavy atom. The quantitative estimate of drug-likeness (QED) is 0.886. The summed E-state index contributed by atoms with van der Waals surface area (Å²) in [5.74, 6) is 0.899. The normalized spacial score (nSPS) is 10.5. The minimum absolute atomic E-state index is 0.686. The number of benzene rings is 2. The summed E-state index contributed by atoms with van der Waals surface area (Å²) >= 11 is 6.06. The van der Waals surface area contributed by atoms with E-state index in [9.17, 15) is 0 Å². The van der Waals surface area contributed by atoms with Crippen LogP contribution in [0.4, 0.5) is 0 Å². The van der Waals surface area contributed by atoms with E-state index in [-0.39, 0.29) is 0 Å². The fraction of sp³-hybridized carbons (Fsp3) is 0.250. The third-order valence-corrected chi connectivity index (χ3v) is 3.15.